The molecule has 0 spiro atoms. The summed E-state index contributed by atoms with van der Waals surface area (Å²) >= 11 is 1.40. The van der Waals surface area contributed by atoms with E-state index in [4.69, 9.17) is 4.98 Å². The van der Waals surface area contributed by atoms with Crippen molar-refractivity contribution in [2.45, 2.75) is 57.2 Å². The van der Waals surface area contributed by atoms with Gasteiger partial charge in [-0.1, -0.05) is 97.1 Å². The summed E-state index contributed by atoms with van der Waals surface area (Å²) in [7, 11) is 35.8. The van der Waals surface area contributed by atoms with Crippen molar-refractivity contribution in [2.75, 3.05) is 26.2 Å². The fraction of sp³-hybridized carbons (Fsp3) is 0.361. The van der Waals surface area contributed by atoms with Crippen LogP contribution in [0.1, 0.15) is 41.8 Å². The molecule has 320 valence electrons. The third-order valence-electron chi connectivity index (χ3n) is 16.5. The zero-order valence-electron chi connectivity index (χ0n) is 42.9. The second-order valence-electron chi connectivity index (χ2n) is 21.2. The molecule has 0 saturated carbocycles. The van der Waals surface area contributed by atoms with Crippen LogP contribution in [0.2, 0.25) is 5.21 Å². The maximum atomic E-state index is 16.0. The fourth-order valence-electron chi connectivity index (χ4n) is 10.6. The molecule has 0 fully saturated rings. The quantitative estimate of drug-likeness (QED) is 0.0579. The van der Waals surface area contributed by atoms with Crippen LogP contribution < -0.4 is 49.3 Å². The number of rotatable bonds is 13. The highest BCUT2D eigenvalue weighted by Gasteiger charge is 2.60. The molecular weight excluding hydrogens is 823 g/mol. The largest absolute Gasteiger partial charge is 0.415 e. The van der Waals surface area contributed by atoms with E-state index >= 15 is 4.79 Å². The third-order valence-corrected chi connectivity index (χ3v) is 17.7. The van der Waals surface area contributed by atoms with E-state index in [1.165, 1.54) is 23.9 Å². The number of amides is 1. The molecule has 6 nitrogen and oxygen atoms in total. The summed E-state index contributed by atoms with van der Waals surface area (Å²) in [5.41, 5.74) is 9.78. The van der Waals surface area contributed by atoms with Crippen molar-refractivity contribution in [3.63, 3.8) is 0 Å². The second-order valence-corrected chi connectivity index (χ2v) is 22.8. The summed E-state index contributed by atoms with van der Waals surface area (Å²) in [4.78, 5) is 39.7. The number of hydrogen-bond acceptors (Lipinski definition) is 5. The monoisotopic (exact) mass is 883 g/mol. The number of aromatic nitrogens is 2. The Morgan fingerprint density at radius 3 is 1.63 bits per heavy atom. The lowest BCUT2D eigenvalue weighted by Gasteiger charge is -2.46. The van der Waals surface area contributed by atoms with Crippen molar-refractivity contribution in [3.8, 4) is 11.1 Å². The van der Waals surface area contributed by atoms with Crippen LogP contribution in [0, 0.1) is 5.82 Å². The molecule has 29 heteroatoms. The van der Waals surface area contributed by atoms with Crippen molar-refractivity contribution in [1.82, 2.24) is 19.4 Å². The predicted molar refractivity (Wildman–Crippen MR) is 317 cm³/mol. The minimum Gasteiger partial charge on any atom is -0.336 e. The Labute approximate surface area is 405 Å². The highest BCUT2D eigenvalue weighted by Crippen LogP contribution is 2.58. The van der Waals surface area contributed by atoms with Gasteiger partial charge in [-0.15, -0.1) is 0 Å². The van der Waals surface area contributed by atoms with Gasteiger partial charge in [-0.3, -0.25) is 9.59 Å². The van der Waals surface area contributed by atoms with Crippen LogP contribution in [0.25, 0.3) is 11.1 Å². The number of carbonyl (C=O) groups is 1. The molecule has 1 amide bonds. The van der Waals surface area contributed by atoms with Gasteiger partial charge in [0.05, 0.1) is 21.0 Å². The molecule has 0 bridgehead atoms. The predicted octanol–water partition coefficient (Wildman–Crippen LogP) is -17.2. The lowest BCUT2D eigenvalue weighted by Crippen LogP contribution is -2.57. The van der Waals surface area contributed by atoms with Gasteiger partial charge in [-0.2, -0.15) is 18.2 Å². The summed E-state index contributed by atoms with van der Waals surface area (Å²) in [5.74, 6) is -0.471. The van der Waals surface area contributed by atoms with Crippen molar-refractivity contribution >= 4 is 203 Å². The van der Waals surface area contributed by atoms with Gasteiger partial charge in [0.1, 0.15) is 131 Å². The third kappa shape index (κ3) is 8.91. The van der Waals surface area contributed by atoms with Crippen LogP contribution in [0.15, 0.2) is 34.2 Å². The molecule has 0 radical (unpaired) electrons. The van der Waals surface area contributed by atoms with Gasteiger partial charge in [0.2, 0.25) is 5.91 Å². The van der Waals surface area contributed by atoms with Crippen molar-refractivity contribution in [3.05, 3.63) is 68.4 Å². The number of thioether (sulfide) groups is 1. The number of likely N-dealkylation sites (N-methyl/N-ethyl adjacent to an activating group) is 1. The molecule has 1 heterocycles. The van der Waals surface area contributed by atoms with Crippen molar-refractivity contribution in [1.29, 1.82) is 0 Å². The minimum atomic E-state index is -4.47. The molecule has 4 aromatic rings. The molecule has 3 aromatic carbocycles. The Hall–Kier alpha value is -2.79. The maximum Gasteiger partial charge on any atom is 0.415 e. The summed E-state index contributed by atoms with van der Waals surface area (Å²) < 4.78 is 58.7. The molecule has 0 saturated heterocycles. The summed E-state index contributed by atoms with van der Waals surface area (Å²) in [5, 5.41) is -2.45. The first-order chi connectivity index (χ1) is 29.7. The standard InChI is InChI=1S/C36H56B18F4N4O2S/c1-3-60(4-2)9-10-61(11-14-19(37)21(39)15(22(40)20(14)38)16-23(41)25(43)17(35(56,57)58)26(44)24(16)42)29(64)33(49,50)62-27-18(31(45,46)36(53,54)32(27,47)48)28(63)59-30(62)65-34(51,52)12-5-7-13(55)8-6-12/h5-8H,3-4,9-11,37-54H2,1-2H3. The van der Waals surface area contributed by atoms with E-state index in [0.717, 1.165) is 62.9 Å². The first-order valence-electron chi connectivity index (χ1n) is 23.1. The Kier molecular flexibility index (Phi) is 14.9. The van der Waals surface area contributed by atoms with E-state index in [-0.39, 0.29) is 28.2 Å². The van der Waals surface area contributed by atoms with Crippen LogP contribution in [0.3, 0.4) is 0 Å². The Bertz CT molecular complexity index is 2570. The molecule has 65 heavy (non-hydrogen) atoms. The Balaban J connectivity index is 1.77. The number of halogens is 4. The zero-order valence-corrected chi connectivity index (χ0v) is 43.7. The number of benzene rings is 3. The fourth-order valence-corrected chi connectivity index (χ4v) is 11.9. The van der Waals surface area contributed by atoms with Crippen LogP contribution in [-0.4, -0.2) is 193 Å². The first-order valence-corrected chi connectivity index (χ1v) is 23.9. The molecular formula is C36H56B18F4N4O2S. The highest BCUT2D eigenvalue weighted by molar-refractivity contribution is 8.02. The van der Waals surface area contributed by atoms with Gasteiger partial charge < -0.3 is 14.4 Å². The summed E-state index contributed by atoms with van der Waals surface area (Å²) in [6, 6.07) is 6.37. The van der Waals surface area contributed by atoms with Crippen molar-refractivity contribution in [2.24, 2.45) is 0 Å². The van der Waals surface area contributed by atoms with Crippen LogP contribution >= 0.6 is 11.8 Å². The number of fused-ring (bicyclic) bond motifs is 1. The Morgan fingerprint density at radius 1 is 0.723 bits per heavy atom. The van der Waals surface area contributed by atoms with E-state index in [9.17, 15) is 22.4 Å². The second kappa shape index (κ2) is 18.3. The molecule has 1 aliphatic rings. The lowest BCUT2D eigenvalue weighted by atomic mass is 9.20. The minimum absolute atomic E-state index is 0.129. The zero-order chi connectivity index (χ0) is 49.5. The smallest absolute Gasteiger partial charge is 0.336 e. The van der Waals surface area contributed by atoms with Crippen LogP contribution in [0.5, 0.6) is 0 Å². The lowest BCUT2D eigenvalue weighted by molar-refractivity contribution is -0.136. The molecule has 0 unspecified atom stereocenters. The Morgan fingerprint density at radius 2 is 1.18 bits per heavy atom. The molecule has 0 N–H and O–H groups in total. The topological polar surface area (TPSA) is 58.4 Å². The van der Waals surface area contributed by atoms with Crippen LogP contribution in [-0.2, 0) is 37.8 Å². The average molecular weight is 880 g/mol. The van der Waals surface area contributed by atoms with Gasteiger partial charge in [0.15, 0.2) is 5.16 Å². The highest BCUT2D eigenvalue weighted by atomic mass is 32.2. The van der Waals surface area contributed by atoms with Gasteiger partial charge in [-0.05, 0) is 52.0 Å². The molecule has 1 aliphatic carbocycles. The van der Waals surface area contributed by atoms with Gasteiger partial charge >= 0.3 is 6.18 Å². The number of alkyl halides is 3. The molecule has 1 aromatic heterocycles. The summed E-state index contributed by atoms with van der Waals surface area (Å²) in [6.45, 7) is 7.21. The maximum absolute atomic E-state index is 16.0. The van der Waals surface area contributed by atoms with Crippen molar-refractivity contribution < 1.29 is 22.4 Å². The van der Waals surface area contributed by atoms with E-state index in [1.54, 1.807) is 43.5 Å². The normalized spacial score (nSPS) is 15.5. The van der Waals surface area contributed by atoms with E-state index in [0.29, 0.717) is 41.3 Å². The first kappa shape index (κ1) is 53.2. The summed E-state index contributed by atoms with van der Waals surface area (Å²) in [6.07, 6.45) is -4.47. The van der Waals surface area contributed by atoms with E-state index in [2.05, 4.69) is 86.1 Å². The number of hydrogen-bond donors (Lipinski definition) is 0. The van der Waals surface area contributed by atoms with Gasteiger partial charge in [0.25, 0.3) is 5.56 Å². The van der Waals surface area contributed by atoms with Gasteiger partial charge in [0, 0.05) is 36.5 Å². The van der Waals surface area contributed by atoms with Gasteiger partial charge in [-0.25, -0.2) is 4.39 Å². The van der Waals surface area contributed by atoms with Crippen LogP contribution in [0.4, 0.5) is 17.6 Å². The molecule has 5 rings (SSSR count). The SMILES string of the molecule is Bc1c(B)c(-c2c(B)c(B)c(C(F)(F)F)c(B)c2B)c(B)c(B)c1CN(CCN(CC)CC)C(=O)C(B)(B)n1c(SC(B)(B)c2ccc(F)cc2)nc(=O)c2c1C(B)(B)C(B)(B)C2(B)B. The number of carbonyl (C=O) groups excluding carboxylic acids is 1. The van der Waals surface area contributed by atoms with E-state index < -0.39 is 37.3 Å². The number of nitrogens with zero attached hydrogens (tertiary/aromatic N) is 4. The average Bonchev–Trinajstić information content (AvgIpc) is 3.31. The molecule has 0 atom stereocenters. The molecule has 0 aliphatic heterocycles. The van der Waals surface area contributed by atoms with E-state index in [1.807, 2.05) is 52.0 Å².